The maximum Gasteiger partial charge on any atom is 0.0998 e. The van der Waals surface area contributed by atoms with Crippen molar-refractivity contribution < 1.29 is 0 Å². The number of hydrogen-bond donors (Lipinski definition) is 0. The highest BCUT2D eigenvalue weighted by atomic mass is 14.2. The molecule has 0 saturated carbocycles. The van der Waals surface area contributed by atoms with E-state index in [1.165, 1.54) is 22.3 Å². The predicted molar refractivity (Wildman–Crippen MR) is 91.5 cm³/mol. The predicted octanol–water partition coefficient (Wildman–Crippen LogP) is 5.51. The van der Waals surface area contributed by atoms with Crippen molar-refractivity contribution in [2.24, 2.45) is 0 Å². The van der Waals surface area contributed by atoms with E-state index in [4.69, 9.17) is 0 Å². The van der Waals surface area contributed by atoms with Gasteiger partial charge in [-0.3, -0.25) is 0 Å². The van der Waals surface area contributed by atoms with Crippen molar-refractivity contribution in [3.63, 3.8) is 0 Å². The van der Waals surface area contributed by atoms with E-state index in [2.05, 4.69) is 62.4 Å². The Bertz CT molecular complexity index is 869. The van der Waals surface area contributed by atoms with E-state index in [-0.39, 0.29) is 0 Å². The molecule has 0 heterocycles. The summed E-state index contributed by atoms with van der Waals surface area (Å²) >= 11 is 0. The standard InChI is InChI=1S/C21H17N/c1-15-7-3-5-9-19(15)20-12-11-17(13-16(20)2)21-10-6-4-8-18(21)14-22/h3-13H,1-2H3. The zero-order valence-corrected chi connectivity index (χ0v) is 12.8. The lowest BCUT2D eigenvalue weighted by Gasteiger charge is -2.12. The van der Waals surface area contributed by atoms with Gasteiger partial charge in [0.1, 0.15) is 0 Å². The van der Waals surface area contributed by atoms with Crippen molar-refractivity contribution in [2.75, 3.05) is 0 Å². The van der Waals surface area contributed by atoms with E-state index in [1.54, 1.807) is 0 Å². The van der Waals surface area contributed by atoms with Crippen LogP contribution in [0.1, 0.15) is 16.7 Å². The molecule has 1 nitrogen and oxygen atoms in total. The molecule has 0 spiro atoms. The molecule has 0 unspecified atom stereocenters. The summed E-state index contributed by atoms with van der Waals surface area (Å²) in [6.45, 7) is 4.26. The molecule has 0 radical (unpaired) electrons. The lowest BCUT2D eigenvalue weighted by molar-refractivity contribution is 1.40. The monoisotopic (exact) mass is 283 g/mol. The van der Waals surface area contributed by atoms with Gasteiger partial charge < -0.3 is 0 Å². The van der Waals surface area contributed by atoms with Crippen LogP contribution < -0.4 is 0 Å². The summed E-state index contributed by atoms with van der Waals surface area (Å²) in [5.74, 6) is 0. The minimum atomic E-state index is 0.713. The maximum absolute atomic E-state index is 9.27. The summed E-state index contributed by atoms with van der Waals surface area (Å²) in [6, 6.07) is 24.8. The summed E-state index contributed by atoms with van der Waals surface area (Å²) in [5, 5.41) is 9.27. The van der Waals surface area contributed by atoms with Crippen molar-refractivity contribution >= 4 is 0 Å². The van der Waals surface area contributed by atoms with Crippen LogP contribution in [0.15, 0.2) is 66.7 Å². The second kappa shape index (κ2) is 5.87. The average molecular weight is 283 g/mol. The van der Waals surface area contributed by atoms with Crippen LogP contribution in [0.4, 0.5) is 0 Å². The van der Waals surface area contributed by atoms with Gasteiger partial charge in [0.2, 0.25) is 0 Å². The van der Waals surface area contributed by atoms with E-state index in [0.29, 0.717) is 5.56 Å². The third kappa shape index (κ3) is 2.52. The van der Waals surface area contributed by atoms with Gasteiger partial charge in [-0.25, -0.2) is 0 Å². The van der Waals surface area contributed by atoms with Crippen molar-refractivity contribution in [1.82, 2.24) is 0 Å². The Hall–Kier alpha value is -2.85. The zero-order valence-electron chi connectivity index (χ0n) is 12.8. The number of nitriles is 1. The fourth-order valence-corrected chi connectivity index (χ4v) is 2.84. The van der Waals surface area contributed by atoms with Crippen molar-refractivity contribution in [1.29, 1.82) is 5.26 Å². The molecule has 0 N–H and O–H groups in total. The topological polar surface area (TPSA) is 23.8 Å². The van der Waals surface area contributed by atoms with Crippen molar-refractivity contribution in [3.05, 3.63) is 83.4 Å². The van der Waals surface area contributed by atoms with Crippen LogP contribution in [-0.2, 0) is 0 Å². The van der Waals surface area contributed by atoms with Gasteiger partial charge in [-0.2, -0.15) is 5.26 Å². The Morgan fingerprint density at radius 3 is 2.00 bits per heavy atom. The Morgan fingerprint density at radius 2 is 1.32 bits per heavy atom. The average Bonchev–Trinajstić information content (AvgIpc) is 2.55. The largest absolute Gasteiger partial charge is 0.192 e. The van der Waals surface area contributed by atoms with Gasteiger partial charge in [0.05, 0.1) is 11.6 Å². The molecule has 0 aliphatic rings. The molecule has 0 bridgehead atoms. The lowest BCUT2D eigenvalue weighted by atomic mass is 9.92. The van der Waals surface area contributed by atoms with Crippen LogP contribution in [0.25, 0.3) is 22.3 Å². The maximum atomic E-state index is 9.27. The minimum absolute atomic E-state index is 0.713. The van der Waals surface area contributed by atoms with Crippen LogP contribution in [0.5, 0.6) is 0 Å². The molecule has 3 rings (SSSR count). The number of nitrogens with zero attached hydrogens (tertiary/aromatic N) is 1. The van der Waals surface area contributed by atoms with Crippen molar-refractivity contribution in [2.45, 2.75) is 13.8 Å². The molecule has 0 aliphatic heterocycles. The molecule has 106 valence electrons. The number of rotatable bonds is 2. The molecular weight excluding hydrogens is 266 g/mol. The smallest absolute Gasteiger partial charge is 0.0998 e. The van der Waals surface area contributed by atoms with Crippen LogP contribution in [0.3, 0.4) is 0 Å². The van der Waals surface area contributed by atoms with Gasteiger partial charge in [-0.15, -0.1) is 0 Å². The summed E-state index contributed by atoms with van der Waals surface area (Å²) < 4.78 is 0. The number of aryl methyl sites for hydroxylation is 2. The first-order valence-corrected chi connectivity index (χ1v) is 7.37. The second-order valence-electron chi connectivity index (χ2n) is 5.50. The summed E-state index contributed by atoms with van der Waals surface area (Å²) in [5.41, 5.74) is 7.80. The van der Waals surface area contributed by atoms with E-state index < -0.39 is 0 Å². The first-order chi connectivity index (χ1) is 10.7. The highest BCUT2D eigenvalue weighted by molar-refractivity contribution is 5.77. The fraction of sp³-hybridized carbons (Fsp3) is 0.0952. The van der Waals surface area contributed by atoms with Gasteiger partial charge in [0, 0.05) is 0 Å². The van der Waals surface area contributed by atoms with E-state index in [9.17, 15) is 5.26 Å². The van der Waals surface area contributed by atoms with Gasteiger partial charge in [0.25, 0.3) is 0 Å². The molecule has 0 atom stereocenters. The van der Waals surface area contributed by atoms with Crippen LogP contribution in [0, 0.1) is 25.2 Å². The molecule has 0 amide bonds. The first kappa shape index (κ1) is 14.1. The van der Waals surface area contributed by atoms with Gasteiger partial charge >= 0.3 is 0 Å². The molecule has 22 heavy (non-hydrogen) atoms. The van der Waals surface area contributed by atoms with Crippen LogP contribution >= 0.6 is 0 Å². The van der Waals surface area contributed by atoms with Gasteiger partial charge in [0.15, 0.2) is 0 Å². The number of benzene rings is 3. The Labute approximate surface area is 131 Å². The molecule has 3 aromatic carbocycles. The molecule has 3 aromatic rings. The first-order valence-electron chi connectivity index (χ1n) is 7.37. The summed E-state index contributed by atoms with van der Waals surface area (Å²) in [7, 11) is 0. The third-order valence-electron chi connectivity index (χ3n) is 4.02. The lowest BCUT2D eigenvalue weighted by Crippen LogP contribution is -1.89. The third-order valence-corrected chi connectivity index (χ3v) is 4.02. The summed E-state index contributed by atoms with van der Waals surface area (Å²) in [4.78, 5) is 0. The fourth-order valence-electron chi connectivity index (χ4n) is 2.84. The molecule has 0 aliphatic carbocycles. The Kier molecular flexibility index (Phi) is 3.76. The van der Waals surface area contributed by atoms with Gasteiger partial charge in [-0.1, -0.05) is 60.7 Å². The normalized spacial score (nSPS) is 10.2. The highest BCUT2D eigenvalue weighted by Crippen LogP contribution is 2.31. The number of hydrogen-bond acceptors (Lipinski definition) is 1. The van der Waals surface area contributed by atoms with Gasteiger partial charge in [-0.05, 0) is 53.3 Å². The van der Waals surface area contributed by atoms with E-state index >= 15 is 0 Å². The highest BCUT2D eigenvalue weighted by Gasteiger charge is 2.08. The van der Waals surface area contributed by atoms with Crippen molar-refractivity contribution in [3.8, 4) is 28.3 Å². The molecule has 0 saturated heterocycles. The van der Waals surface area contributed by atoms with E-state index in [0.717, 1.165) is 11.1 Å². The molecular formula is C21H17N. The summed E-state index contributed by atoms with van der Waals surface area (Å²) in [6.07, 6.45) is 0. The Balaban J connectivity index is 2.11. The minimum Gasteiger partial charge on any atom is -0.192 e. The SMILES string of the molecule is Cc1ccccc1-c1ccc(-c2ccccc2C#N)cc1C. The Morgan fingerprint density at radius 1 is 0.682 bits per heavy atom. The molecule has 0 fully saturated rings. The quantitative estimate of drug-likeness (QED) is 0.608. The van der Waals surface area contributed by atoms with Crippen LogP contribution in [0.2, 0.25) is 0 Å². The second-order valence-corrected chi connectivity index (χ2v) is 5.50. The van der Waals surface area contributed by atoms with Crippen LogP contribution in [-0.4, -0.2) is 0 Å². The zero-order chi connectivity index (χ0) is 15.5. The van der Waals surface area contributed by atoms with E-state index in [1.807, 2.05) is 24.3 Å². The molecule has 0 aromatic heterocycles. The molecule has 1 heteroatoms.